The van der Waals surface area contributed by atoms with Gasteiger partial charge in [-0.1, -0.05) is 279 Å². The van der Waals surface area contributed by atoms with Gasteiger partial charge in [0, 0.05) is 166 Å². The molecule has 17 aromatic carbocycles. The number of fused-ring (bicyclic) bond motifs is 40. The van der Waals surface area contributed by atoms with E-state index in [1.165, 1.54) is 79.3 Å². The van der Waals surface area contributed by atoms with Gasteiger partial charge in [-0.25, -0.2) is 4.98 Å². The predicted molar refractivity (Wildman–Crippen MR) is 547 cm³/mol. The number of hydrogen-bond donors (Lipinski definition) is 0. The highest BCUT2D eigenvalue weighted by Crippen LogP contribution is 2.52. The molecule has 13 aromatic heterocycles. The Kier molecular flexibility index (Phi) is 17.1. The summed E-state index contributed by atoms with van der Waals surface area (Å²) < 4.78 is 27.2. The van der Waals surface area contributed by atoms with E-state index in [0.29, 0.717) is 17.6 Å². The van der Waals surface area contributed by atoms with Crippen molar-refractivity contribution in [3.63, 3.8) is 0 Å². The monoisotopic (exact) mass is 1720 g/mol. The third-order valence-corrected chi connectivity index (χ3v) is 28.1. The zero-order chi connectivity index (χ0) is 86.6. The average molecular weight is 1730 g/mol. The van der Waals surface area contributed by atoms with Crippen molar-refractivity contribution in [3.05, 3.63) is 413 Å². The van der Waals surface area contributed by atoms with Gasteiger partial charge in [-0.05, 0) is 103 Å². The smallest absolute Gasteiger partial charge is 0.238 e. The van der Waals surface area contributed by atoms with Gasteiger partial charge < -0.3 is 22.5 Å². The van der Waals surface area contributed by atoms with E-state index in [4.69, 9.17) is 48.7 Å². The third-order valence-electron chi connectivity index (χ3n) is 25.8. The molecule has 0 atom stereocenters. The van der Waals surface area contributed by atoms with Crippen LogP contribution in [-0.4, -0.2) is 58.1 Å². The highest BCUT2D eigenvalue weighted by Gasteiger charge is 2.30. The number of hydrogen-bond acceptors (Lipinski definition) is 12. The van der Waals surface area contributed by atoms with Crippen LogP contribution in [0.1, 0.15) is 0 Å². The highest BCUT2D eigenvalue weighted by atomic mass is 32.1. The van der Waals surface area contributed by atoms with Crippen molar-refractivity contribution in [2.24, 2.45) is 0 Å². The normalized spacial score (nSPS) is 11.9. The van der Waals surface area contributed by atoms with Gasteiger partial charge in [-0.2, -0.15) is 9.97 Å². The standard InChI is InChI=1S/C35H20N6S.2C27H16N2O.C27H16N2S/c1-3-11-21(12-4-1)33-38-34(22-13-5-2-6-14-22)40-35(39-33)41-25-17-9-7-15-23(25)27-29-30(37-20-19-36-29)28-24-16-8-10-18-26(24)42-32(28)31(27)41;1-2-9-17(10-3-1)29-21-14-6-4-11-18(21)24-25-20(13-8-16-28-25)23-19-12-5-7-15-22(19)30-27(23)26(24)29;2*1-2-9-17(10-3-1)29-21-14-6-4-11-18(21)23-20-13-8-16-28-25(20)24-19-12-5-7-15-22(19)30-27(24)26(23)29/h1-20H;3*1-16H. The number of thiophene rings is 2. The molecule has 0 aliphatic rings. The second-order valence-electron chi connectivity index (χ2n) is 33.0. The first kappa shape index (κ1) is 74.8. The van der Waals surface area contributed by atoms with Gasteiger partial charge in [-0.15, -0.1) is 22.7 Å². The van der Waals surface area contributed by atoms with Gasteiger partial charge in [0.25, 0.3) is 0 Å². The van der Waals surface area contributed by atoms with E-state index in [1.807, 2.05) is 139 Å². The molecule has 0 unspecified atom stereocenters. The minimum absolute atomic E-state index is 0.566. The maximum Gasteiger partial charge on any atom is 0.238 e. The summed E-state index contributed by atoms with van der Waals surface area (Å²) in [6.45, 7) is 0. The van der Waals surface area contributed by atoms with Gasteiger partial charge >= 0.3 is 0 Å². The number of rotatable bonds is 6. The first-order valence-corrected chi connectivity index (χ1v) is 45.6. The van der Waals surface area contributed by atoms with Crippen molar-refractivity contribution in [2.75, 3.05) is 0 Å². The van der Waals surface area contributed by atoms with Crippen LogP contribution < -0.4 is 0 Å². The van der Waals surface area contributed by atoms with Crippen molar-refractivity contribution in [1.82, 2.24) is 58.1 Å². The van der Waals surface area contributed by atoms with E-state index in [9.17, 15) is 0 Å². The molecule has 0 saturated carbocycles. The molecular formula is C116H68N12O2S2. The van der Waals surface area contributed by atoms with E-state index < -0.39 is 0 Å². The van der Waals surface area contributed by atoms with Crippen LogP contribution in [0.4, 0.5) is 0 Å². The van der Waals surface area contributed by atoms with Gasteiger partial charge in [-0.3, -0.25) is 29.5 Å². The molecule has 0 N–H and O–H groups in total. The molecule has 0 fully saturated rings. The summed E-state index contributed by atoms with van der Waals surface area (Å²) >= 11 is 3.64. The van der Waals surface area contributed by atoms with Crippen LogP contribution in [0.15, 0.2) is 422 Å². The first-order chi connectivity index (χ1) is 65.6. The number of nitrogens with zero attached hydrogens (tertiary/aromatic N) is 12. The SMILES string of the molecule is c1ccc(-c2nc(-c3ccccc3)nc(-n3c4ccccc4c4c5nccnc5c5c6ccccc6sc5c43)n2)cc1.c1ccc(-n2c3ccccc3c3c4cccnc4c4c5ccccc5oc4c32)cc1.c1ccc(-n2c3ccccc3c3c4cccnc4c4c5ccccc5sc4c32)cc1.c1ccc(-n2c3ccccc3c3c4ncccc4c4c5ccccc5oc4c32)cc1. The van der Waals surface area contributed by atoms with Gasteiger partial charge in [0.1, 0.15) is 16.7 Å². The molecule has 0 spiro atoms. The summed E-state index contributed by atoms with van der Waals surface area (Å²) in [5, 5.41) is 22.2. The number of furan rings is 2. The molecule has 0 radical (unpaired) electrons. The van der Waals surface area contributed by atoms with E-state index in [1.54, 1.807) is 23.7 Å². The topological polar surface area (TPSA) is 149 Å². The summed E-state index contributed by atoms with van der Waals surface area (Å²) in [6, 6.07) is 132. The third kappa shape index (κ3) is 11.4. The van der Waals surface area contributed by atoms with Gasteiger partial charge in [0.2, 0.25) is 5.95 Å². The Morgan fingerprint density at radius 1 is 0.205 bits per heavy atom. The van der Waals surface area contributed by atoms with Crippen molar-refractivity contribution in [1.29, 1.82) is 0 Å². The van der Waals surface area contributed by atoms with Crippen LogP contribution in [0.2, 0.25) is 0 Å². The van der Waals surface area contributed by atoms with E-state index in [2.05, 4.69) is 291 Å². The molecule has 0 amide bonds. The minimum atomic E-state index is 0.566. The van der Waals surface area contributed by atoms with Crippen molar-refractivity contribution in [3.8, 4) is 45.8 Å². The Labute approximate surface area is 758 Å². The number of pyridine rings is 3. The van der Waals surface area contributed by atoms with Crippen LogP contribution in [0.25, 0.3) is 261 Å². The van der Waals surface area contributed by atoms with Crippen molar-refractivity contribution < 1.29 is 8.83 Å². The quantitative estimate of drug-likeness (QED) is 0.157. The maximum absolute atomic E-state index is 6.52. The highest BCUT2D eigenvalue weighted by molar-refractivity contribution is 7.27. The van der Waals surface area contributed by atoms with Crippen molar-refractivity contribution in [2.45, 2.75) is 0 Å². The molecule has 0 aliphatic carbocycles. The molecule has 0 saturated heterocycles. The van der Waals surface area contributed by atoms with Crippen LogP contribution >= 0.6 is 22.7 Å². The maximum atomic E-state index is 6.52. The Morgan fingerprint density at radius 3 is 0.985 bits per heavy atom. The summed E-state index contributed by atoms with van der Waals surface area (Å²) in [5.74, 6) is 1.81. The molecule has 132 heavy (non-hydrogen) atoms. The largest absolute Gasteiger partial charge is 0.454 e. The van der Waals surface area contributed by atoms with Crippen LogP contribution in [0.5, 0.6) is 0 Å². The Balaban J connectivity index is 0.0000000911. The first-order valence-electron chi connectivity index (χ1n) is 43.9. The zero-order valence-corrected chi connectivity index (χ0v) is 71.9. The lowest BCUT2D eigenvalue weighted by molar-refractivity contribution is 0.671. The fourth-order valence-electron chi connectivity index (χ4n) is 20.4. The fourth-order valence-corrected chi connectivity index (χ4v) is 22.9. The predicted octanol–water partition coefficient (Wildman–Crippen LogP) is 30.8. The lowest BCUT2D eigenvalue weighted by Crippen LogP contribution is -2.06. The molecule has 14 nitrogen and oxygen atoms in total. The number of aromatic nitrogens is 12. The van der Waals surface area contributed by atoms with Crippen LogP contribution in [-0.2, 0) is 0 Å². The molecule has 616 valence electrons. The van der Waals surface area contributed by atoms with E-state index >= 15 is 0 Å². The van der Waals surface area contributed by atoms with Crippen LogP contribution in [0, 0.1) is 0 Å². The van der Waals surface area contributed by atoms with Gasteiger partial charge in [0.15, 0.2) is 22.8 Å². The Morgan fingerprint density at radius 2 is 0.508 bits per heavy atom. The molecule has 0 bridgehead atoms. The minimum Gasteiger partial charge on any atom is -0.454 e. The van der Waals surface area contributed by atoms with E-state index in [-0.39, 0.29) is 0 Å². The summed E-state index contributed by atoms with van der Waals surface area (Å²) in [7, 11) is 0. The van der Waals surface area contributed by atoms with Gasteiger partial charge in [0.05, 0.1) is 81.0 Å². The number of para-hydroxylation sites is 9. The molecule has 16 heteroatoms. The summed E-state index contributed by atoms with van der Waals surface area (Å²) in [5.41, 5.74) is 22.8. The molecular weight excluding hydrogens is 1660 g/mol. The van der Waals surface area contributed by atoms with Crippen LogP contribution in [0.3, 0.4) is 0 Å². The Bertz CT molecular complexity index is 9270. The zero-order valence-electron chi connectivity index (χ0n) is 70.3. The Hall–Kier alpha value is -17.4. The fraction of sp³-hybridized carbons (Fsp3) is 0. The molecule has 0 aliphatic heterocycles. The second kappa shape index (κ2) is 30.1. The molecule has 13 heterocycles. The summed E-state index contributed by atoms with van der Waals surface area (Å²) in [6.07, 6.45) is 9.22. The van der Waals surface area contributed by atoms with E-state index in [0.717, 1.165) is 164 Å². The number of benzene rings is 17. The average Bonchev–Trinajstić information content (AvgIpc) is 1.58. The lowest BCUT2D eigenvalue weighted by atomic mass is 10.0. The summed E-state index contributed by atoms with van der Waals surface area (Å²) in [4.78, 5) is 39.5. The van der Waals surface area contributed by atoms with Crippen molar-refractivity contribution >= 4 is 238 Å². The lowest BCUT2D eigenvalue weighted by Gasteiger charge is -2.11. The molecule has 30 rings (SSSR count). The second-order valence-corrected chi connectivity index (χ2v) is 35.1. The molecule has 30 aromatic rings.